The van der Waals surface area contributed by atoms with Crippen LogP contribution in [0.3, 0.4) is 0 Å². The molecule has 0 fully saturated rings. The number of halogens is 1. The van der Waals surface area contributed by atoms with Crippen LogP contribution in [0, 0.1) is 12.3 Å². The molecule has 0 aromatic heterocycles. The van der Waals surface area contributed by atoms with Crippen molar-refractivity contribution in [3.8, 4) is 18.1 Å². The molecule has 4 heteroatoms. The van der Waals surface area contributed by atoms with Crippen LogP contribution in [0.15, 0.2) is 22.7 Å². The Labute approximate surface area is 132 Å². The summed E-state index contributed by atoms with van der Waals surface area (Å²) in [5.41, 5.74) is 1.10. The van der Waals surface area contributed by atoms with Crippen LogP contribution in [0.2, 0.25) is 18.1 Å². The van der Waals surface area contributed by atoms with Crippen molar-refractivity contribution in [2.75, 3.05) is 6.61 Å². The Kier molecular flexibility index (Phi) is 5.87. The molecule has 0 heterocycles. The maximum Gasteiger partial charge on any atom is 0.192 e. The molecule has 20 heavy (non-hydrogen) atoms. The van der Waals surface area contributed by atoms with E-state index in [4.69, 9.17) is 15.6 Å². The van der Waals surface area contributed by atoms with E-state index in [0.29, 0.717) is 6.61 Å². The van der Waals surface area contributed by atoms with Crippen LogP contribution >= 0.6 is 15.9 Å². The molecule has 1 aromatic carbocycles. The van der Waals surface area contributed by atoms with Gasteiger partial charge in [0.2, 0.25) is 0 Å². The largest absolute Gasteiger partial charge is 0.480 e. The van der Waals surface area contributed by atoms with E-state index >= 15 is 0 Å². The highest BCUT2D eigenvalue weighted by atomic mass is 79.9. The van der Waals surface area contributed by atoms with Gasteiger partial charge in [0.05, 0.1) is 11.1 Å². The average Bonchev–Trinajstić information content (AvgIpc) is 2.35. The van der Waals surface area contributed by atoms with Crippen molar-refractivity contribution in [3.63, 3.8) is 0 Å². The van der Waals surface area contributed by atoms with Crippen molar-refractivity contribution >= 4 is 24.2 Å². The van der Waals surface area contributed by atoms with Crippen molar-refractivity contribution in [1.82, 2.24) is 0 Å². The molecular formula is C16H23BrO2Si. The molecule has 0 aliphatic carbocycles. The fraction of sp³-hybridized carbons (Fsp3) is 0.500. The zero-order valence-electron chi connectivity index (χ0n) is 12.9. The lowest BCUT2D eigenvalue weighted by Crippen LogP contribution is -2.40. The number of terminal acetylenes is 1. The highest BCUT2D eigenvalue weighted by Crippen LogP contribution is 2.37. The lowest BCUT2D eigenvalue weighted by Gasteiger charge is -2.36. The summed E-state index contributed by atoms with van der Waals surface area (Å²) < 4.78 is 12.6. The number of rotatable bonds is 5. The quantitative estimate of drug-likeness (QED) is 0.548. The molecule has 0 aliphatic rings. The predicted molar refractivity (Wildman–Crippen MR) is 90.5 cm³/mol. The van der Waals surface area contributed by atoms with Crippen molar-refractivity contribution in [2.24, 2.45) is 0 Å². The number of hydrogen-bond donors (Lipinski definition) is 0. The summed E-state index contributed by atoms with van der Waals surface area (Å²) in [6, 6.07) is 5.99. The van der Waals surface area contributed by atoms with Crippen molar-refractivity contribution < 1.29 is 9.16 Å². The third kappa shape index (κ3) is 4.66. The molecule has 0 amide bonds. The normalized spacial score (nSPS) is 12.1. The molecule has 0 spiro atoms. The molecule has 0 bridgehead atoms. The Bertz CT molecular complexity index is 498. The van der Waals surface area contributed by atoms with Gasteiger partial charge in [-0.1, -0.05) is 32.8 Å². The third-order valence-corrected chi connectivity index (χ3v) is 8.85. The zero-order valence-corrected chi connectivity index (χ0v) is 15.5. The number of hydrogen-bond acceptors (Lipinski definition) is 2. The fourth-order valence-corrected chi connectivity index (χ4v) is 2.67. The van der Waals surface area contributed by atoms with Gasteiger partial charge in [0.1, 0.15) is 12.4 Å². The smallest absolute Gasteiger partial charge is 0.192 e. The topological polar surface area (TPSA) is 18.5 Å². The van der Waals surface area contributed by atoms with Crippen LogP contribution in [0.5, 0.6) is 5.75 Å². The Morgan fingerprint density at radius 2 is 1.95 bits per heavy atom. The Balaban J connectivity index is 2.77. The molecule has 1 rings (SSSR count). The molecule has 0 saturated heterocycles. The lowest BCUT2D eigenvalue weighted by molar-refractivity contribution is 0.275. The summed E-state index contributed by atoms with van der Waals surface area (Å²) in [5.74, 6) is 3.23. The molecule has 0 unspecified atom stereocenters. The lowest BCUT2D eigenvalue weighted by atomic mass is 10.2. The monoisotopic (exact) mass is 354 g/mol. The standard InChI is InChI=1S/C16H23BrO2Si/c1-7-10-18-15-11-13(8-9-14(15)17)12-19-20(5,6)16(2,3)4/h1,8-9,11H,10,12H2,2-6H3. The maximum absolute atomic E-state index is 6.21. The molecule has 0 radical (unpaired) electrons. The highest BCUT2D eigenvalue weighted by molar-refractivity contribution is 9.10. The molecule has 0 atom stereocenters. The first-order valence-corrected chi connectivity index (χ1v) is 10.4. The van der Waals surface area contributed by atoms with Gasteiger partial charge in [-0.2, -0.15) is 0 Å². The van der Waals surface area contributed by atoms with Gasteiger partial charge >= 0.3 is 0 Å². The van der Waals surface area contributed by atoms with E-state index in [-0.39, 0.29) is 11.6 Å². The first kappa shape index (κ1) is 17.3. The van der Waals surface area contributed by atoms with Crippen LogP contribution < -0.4 is 4.74 Å². The summed E-state index contributed by atoms with van der Waals surface area (Å²) in [7, 11) is -1.73. The van der Waals surface area contributed by atoms with Crippen LogP contribution in [-0.2, 0) is 11.0 Å². The van der Waals surface area contributed by atoms with Gasteiger partial charge in [-0.3, -0.25) is 0 Å². The minimum absolute atomic E-state index is 0.213. The fourth-order valence-electron chi connectivity index (χ4n) is 1.35. The van der Waals surface area contributed by atoms with E-state index in [0.717, 1.165) is 15.8 Å². The van der Waals surface area contributed by atoms with E-state index in [1.807, 2.05) is 18.2 Å². The van der Waals surface area contributed by atoms with E-state index in [1.165, 1.54) is 0 Å². The molecule has 0 saturated carbocycles. The minimum Gasteiger partial charge on any atom is -0.480 e. The van der Waals surface area contributed by atoms with Gasteiger partial charge in [-0.15, -0.1) is 6.42 Å². The second kappa shape index (κ2) is 6.80. The second-order valence-electron chi connectivity index (χ2n) is 6.31. The third-order valence-electron chi connectivity index (χ3n) is 3.71. The number of ether oxygens (including phenoxy) is 1. The van der Waals surface area contributed by atoms with E-state index in [1.54, 1.807) is 0 Å². The number of benzene rings is 1. The summed E-state index contributed by atoms with van der Waals surface area (Å²) in [6.45, 7) is 12.1. The minimum atomic E-state index is -1.73. The maximum atomic E-state index is 6.21. The van der Waals surface area contributed by atoms with Crippen molar-refractivity contribution in [3.05, 3.63) is 28.2 Å². The summed E-state index contributed by atoms with van der Waals surface area (Å²) in [4.78, 5) is 0. The van der Waals surface area contributed by atoms with Crippen molar-refractivity contribution in [2.45, 2.75) is 45.5 Å². The van der Waals surface area contributed by atoms with Gasteiger partial charge in [0.25, 0.3) is 0 Å². The molecule has 0 aliphatic heterocycles. The summed E-state index contributed by atoms with van der Waals surface area (Å²) >= 11 is 3.46. The zero-order chi connectivity index (χ0) is 15.4. The Morgan fingerprint density at radius 3 is 2.50 bits per heavy atom. The van der Waals surface area contributed by atoms with Gasteiger partial charge in [-0.05, 0) is 51.8 Å². The first-order valence-electron chi connectivity index (χ1n) is 6.66. The van der Waals surface area contributed by atoms with Crippen LogP contribution in [-0.4, -0.2) is 14.9 Å². The average molecular weight is 355 g/mol. The molecule has 0 N–H and O–H groups in total. The van der Waals surface area contributed by atoms with E-state index in [9.17, 15) is 0 Å². The Morgan fingerprint density at radius 1 is 1.30 bits per heavy atom. The SMILES string of the molecule is C#CCOc1cc(CO[Si](C)(C)C(C)(C)C)ccc1Br. The molecule has 2 nitrogen and oxygen atoms in total. The van der Waals surface area contributed by atoms with Crippen LogP contribution in [0.25, 0.3) is 0 Å². The van der Waals surface area contributed by atoms with Crippen LogP contribution in [0.1, 0.15) is 26.3 Å². The molecule has 1 aromatic rings. The van der Waals surface area contributed by atoms with E-state index in [2.05, 4.69) is 55.7 Å². The van der Waals surface area contributed by atoms with Gasteiger partial charge in [0, 0.05) is 0 Å². The van der Waals surface area contributed by atoms with Gasteiger partial charge in [-0.25, -0.2) is 0 Å². The predicted octanol–water partition coefficient (Wildman–Crippen LogP) is 4.98. The summed E-state index contributed by atoms with van der Waals surface area (Å²) in [5, 5.41) is 0.213. The van der Waals surface area contributed by atoms with E-state index < -0.39 is 8.32 Å². The molecular weight excluding hydrogens is 332 g/mol. The Hall–Kier alpha value is -0.763. The second-order valence-corrected chi connectivity index (χ2v) is 12.0. The summed E-state index contributed by atoms with van der Waals surface area (Å²) in [6.07, 6.45) is 5.22. The van der Waals surface area contributed by atoms with Crippen molar-refractivity contribution in [1.29, 1.82) is 0 Å². The first-order chi connectivity index (χ1) is 9.17. The van der Waals surface area contributed by atoms with Gasteiger partial charge in [0.15, 0.2) is 8.32 Å². The molecule has 110 valence electrons. The van der Waals surface area contributed by atoms with Gasteiger partial charge < -0.3 is 9.16 Å². The van der Waals surface area contributed by atoms with Crippen LogP contribution in [0.4, 0.5) is 0 Å². The highest BCUT2D eigenvalue weighted by Gasteiger charge is 2.37.